The Balaban J connectivity index is 2.31. The van der Waals surface area contributed by atoms with Gasteiger partial charge in [-0.25, -0.2) is 0 Å². The van der Waals surface area contributed by atoms with Crippen molar-refractivity contribution in [2.75, 3.05) is 6.54 Å². The highest BCUT2D eigenvalue weighted by molar-refractivity contribution is 5.06. The molecule has 0 radical (unpaired) electrons. The van der Waals surface area contributed by atoms with Crippen LogP contribution in [0.5, 0.6) is 0 Å². The van der Waals surface area contributed by atoms with Crippen molar-refractivity contribution < 1.29 is 0 Å². The molecule has 0 aromatic heterocycles. The summed E-state index contributed by atoms with van der Waals surface area (Å²) in [6.07, 6.45) is 6.34. The minimum Gasteiger partial charge on any atom is -0.327 e. The van der Waals surface area contributed by atoms with Crippen LogP contribution in [-0.2, 0) is 0 Å². The van der Waals surface area contributed by atoms with Gasteiger partial charge in [0.05, 0.1) is 0 Å². The van der Waals surface area contributed by atoms with Gasteiger partial charge in [0.1, 0.15) is 0 Å². The lowest BCUT2D eigenvalue weighted by Gasteiger charge is -2.26. The molecule has 1 aliphatic carbocycles. The first-order valence-electron chi connectivity index (χ1n) is 3.71. The normalized spacial score (nSPS) is 21.8. The minimum absolute atomic E-state index is 0.711. The van der Waals surface area contributed by atoms with Gasteiger partial charge in [0.25, 0.3) is 0 Å². The molecule has 0 atom stereocenters. The van der Waals surface area contributed by atoms with Gasteiger partial charge in [-0.15, -0.1) is 0 Å². The number of nitrogens with two attached hydrogens (primary N) is 1. The first-order valence-corrected chi connectivity index (χ1v) is 3.71. The van der Waals surface area contributed by atoms with Gasteiger partial charge in [0, 0.05) is 6.54 Å². The predicted molar refractivity (Wildman–Crippen MR) is 40.2 cm³/mol. The lowest BCUT2D eigenvalue weighted by Crippen LogP contribution is -2.12. The number of allylic oxidation sites excluding steroid dienone is 1. The van der Waals surface area contributed by atoms with Crippen LogP contribution in [0.3, 0.4) is 0 Å². The van der Waals surface area contributed by atoms with Crippen LogP contribution < -0.4 is 5.73 Å². The van der Waals surface area contributed by atoms with Crippen molar-refractivity contribution in [2.45, 2.75) is 26.2 Å². The van der Waals surface area contributed by atoms with Crippen LogP contribution in [0.15, 0.2) is 11.6 Å². The second-order valence-electron chi connectivity index (χ2n) is 2.81. The Hall–Kier alpha value is -0.300. The highest BCUT2D eigenvalue weighted by atomic mass is 14.5. The minimum atomic E-state index is 0.711. The van der Waals surface area contributed by atoms with E-state index in [2.05, 4.69) is 13.0 Å². The zero-order valence-electron chi connectivity index (χ0n) is 6.06. The van der Waals surface area contributed by atoms with E-state index >= 15 is 0 Å². The van der Waals surface area contributed by atoms with Crippen LogP contribution >= 0.6 is 0 Å². The topological polar surface area (TPSA) is 26.0 Å². The quantitative estimate of drug-likeness (QED) is 0.558. The van der Waals surface area contributed by atoms with Gasteiger partial charge in [0.15, 0.2) is 0 Å². The number of hydrogen-bond donors (Lipinski definition) is 1. The molecule has 1 saturated carbocycles. The van der Waals surface area contributed by atoms with E-state index in [4.69, 9.17) is 5.73 Å². The van der Waals surface area contributed by atoms with Crippen molar-refractivity contribution in [3.8, 4) is 0 Å². The van der Waals surface area contributed by atoms with E-state index in [1.54, 1.807) is 0 Å². The molecule has 52 valence electrons. The Bertz CT molecular complexity index is 112. The van der Waals surface area contributed by atoms with Crippen molar-refractivity contribution in [1.29, 1.82) is 0 Å². The predicted octanol–water partition coefficient (Wildman–Crippen LogP) is 1.69. The fourth-order valence-corrected chi connectivity index (χ4v) is 1.22. The molecule has 0 spiro atoms. The van der Waals surface area contributed by atoms with E-state index in [0.717, 1.165) is 5.92 Å². The largest absolute Gasteiger partial charge is 0.327 e. The SMILES string of the molecule is C/C(=C\CN)C1CCC1. The Kier molecular flexibility index (Phi) is 2.29. The van der Waals surface area contributed by atoms with Gasteiger partial charge in [0.2, 0.25) is 0 Å². The fraction of sp³-hybridized carbons (Fsp3) is 0.750. The molecule has 1 fully saturated rings. The summed E-state index contributed by atoms with van der Waals surface area (Å²) in [5, 5.41) is 0. The number of hydrogen-bond acceptors (Lipinski definition) is 1. The standard InChI is InChI=1S/C8H15N/c1-7(5-6-9)8-3-2-4-8/h5,8H,2-4,6,9H2,1H3/b7-5+. The van der Waals surface area contributed by atoms with Crippen LogP contribution in [0.1, 0.15) is 26.2 Å². The van der Waals surface area contributed by atoms with Crippen molar-refractivity contribution >= 4 is 0 Å². The molecule has 0 aromatic carbocycles. The Morgan fingerprint density at radius 2 is 2.33 bits per heavy atom. The summed E-state index contributed by atoms with van der Waals surface area (Å²) in [6, 6.07) is 0. The van der Waals surface area contributed by atoms with E-state index in [1.165, 1.54) is 24.8 Å². The summed E-state index contributed by atoms with van der Waals surface area (Å²) in [7, 11) is 0. The van der Waals surface area contributed by atoms with Crippen molar-refractivity contribution in [3.63, 3.8) is 0 Å². The van der Waals surface area contributed by atoms with E-state index < -0.39 is 0 Å². The summed E-state index contributed by atoms with van der Waals surface area (Å²) in [4.78, 5) is 0. The van der Waals surface area contributed by atoms with E-state index in [-0.39, 0.29) is 0 Å². The number of rotatable bonds is 2. The Morgan fingerprint density at radius 1 is 1.67 bits per heavy atom. The molecule has 0 unspecified atom stereocenters. The summed E-state index contributed by atoms with van der Waals surface area (Å²) >= 11 is 0. The first kappa shape index (κ1) is 6.81. The maximum atomic E-state index is 5.37. The zero-order chi connectivity index (χ0) is 6.69. The second kappa shape index (κ2) is 3.02. The zero-order valence-corrected chi connectivity index (χ0v) is 6.06. The molecule has 0 aliphatic heterocycles. The Labute approximate surface area is 56.9 Å². The van der Waals surface area contributed by atoms with Crippen molar-refractivity contribution in [2.24, 2.45) is 11.7 Å². The smallest absolute Gasteiger partial charge is 0.0109 e. The summed E-state index contributed by atoms with van der Waals surface area (Å²) in [5.41, 5.74) is 6.87. The fourth-order valence-electron chi connectivity index (χ4n) is 1.22. The van der Waals surface area contributed by atoms with Gasteiger partial charge in [-0.3, -0.25) is 0 Å². The molecule has 0 saturated heterocycles. The molecule has 0 aromatic rings. The van der Waals surface area contributed by atoms with E-state index in [9.17, 15) is 0 Å². The van der Waals surface area contributed by atoms with Gasteiger partial charge < -0.3 is 5.73 Å². The molecule has 0 heterocycles. The monoisotopic (exact) mass is 125 g/mol. The third-order valence-corrected chi connectivity index (χ3v) is 2.19. The maximum Gasteiger partial charge on any atom is 0.0109 e. The summed E-state index contributed by atoms with van der Waals surface area (Å²) in [6.45, 7) is 2.90. The molecule has 1 nitrogen and oxygen atoms in total. The molecule has 0 bridgehead atoms. The van der Waals surface area contributed by atoms with Gasteiger partial charge >= 0.3 is 0 Å². The van der Waals surface area contributed by atoms with Gasteiger partial charge in [-0.1, -0.05) is 18.1 Å². The average molecular weight is 125 g/mol. The van der Waals surface area contributed by atoms with Crippen molar-refractivity contribution in [1.82, 2.24) is 0 Å². The molecule has 0 amide bonds. The van der Waals surface area contributed by atoms with Gasteiger partial charge in [-0.2, -0.15) is 0 Å². The second-order valence-corrected chi connectivity index (χ2v) is 2.81. The third-order valence-electron chi connectivity index (χ3n) is 2.19. The van der Waals surface area contributed by atoms with Crippen LogP contribution in [0.25, 0.3) is 0 Å². The highest BCUT2D eigenvalue weighted by Crippen LogP contribution is 2.32. The molecule has 1 rings (SSSR count). The molecule has 9 heavy (non-hydrogen) atoms. The summed E-state index contributed by atoms with van der Waals surface area (Å²) in [5.74, 6) is 0.883. The molecular formula is C8H15N. The maximum absolute atomic E-state index is 5.37. The lowest BCUT2D eigenvalue weighted by molar-refractivity contribution is 0.367. The molecule has 1 aliphatic rings. The average Bonchev–Trinajstić information content (AvgIpc) is 1.60. The first-order chi connectivity index (χ1) is 4.34. The molecular weight excluding hydrogens is 110 g/mol. The van der Waals surface area contributed by atoms with Crippen LogP contribution in [-0.4, -0.2) is 6.54 Å². The Morgan fingerprint density at radius 3 is 2.67 bits per heavy atom. The van der Waals surface area contributed by atoms with E-state index in [1.807, 2.05) is 0 Å². The van der Waals surface area contributed by atoms with Crippen LogP contribution in [0, 0.1) is 5.92 Å². The van der Waals surface area contributed by atoms with Crippen molar-refractivity contribution in [3.05, 3.63) is 11.6 Å². The lowest BCUT2D eigenvalue weighted by atomic mass is 9.80. The van der Waals surface area contributed by atoms with Gasteiger partial charge in [-0.05, 0) is 25.7 Å². The molecule has 2 N–H and O–H groups in total. The van der Waals surface area contributed by atoms with E-state index in [0.29, 0.717) is 6.54 Å². The summed E-state index contributed by atoms with van der Waals surface area (Å²) < 4.78 is 0. The van der Waals surface area contributed by atoms with Crippen LogP contribution in [0.4, 0.5) is 0 Å². The highest BCUT2D eigenvalue weighted by Gasteiger charge is 2.17. The van der Waals surface area contributed by atoms with Crippen LogP contribution in [0.2, 0.25) is 0 Å². The third kappa shape index (κ3) is 1.55. The molecule has 1 heteroatoms.